The van der Waals surface area contributed by atoms with Gasteiger partial charge in [-0.15, -0.1) is 0 Å². The molecule has 0 amide bonds. The lowest BCUT2D eigenvalue weighted by molar-refractivity contribution is -0.108. The Morgan fingerprint density at radius 2 is 2.13 bits per heavy atom. The second-order valence-electron chi connectivity index (χ2n) is 7.80. The smallest absolute Gasteiger partial charge is 0.237 e. The van der Waals surface area contributed by atoms with Crippen molar-refractivity contribution in [3.05, 3.63) is 52.9 Å². The molecule has 1 N–H and O–H groups in total. The van der Waals surface area contributed by atoms with E-state index in [1.54, 1.807) is 0 Å². The first-order chi connectivity index (χ1) is 15.1. The molecule has 2 aliphatic rings. The van der Waals surface area contributed by atoms with E-state index in [1.807, 2.05) is 43.6 Å². The normalized spacial score (nSPS) is 17.0. The topological polar surface area (TPSA) is 79.2 Å². The Bertz CT molecular complexity index is 1040. The van der Waals surface area contributed by atoms with Gasteiger partial charge >= 0.3 is 0 Å². The molecule has 3 heterocycles. The molecule has 1 unspecified atom stereocenters. The zero-order chi connectivity index (χ0) is 21.8. The van der Waals surface area contributed by atoms with Gasteiger partial charge in [0, 0.05) is 30.8 Å². The first-order valence-corrected chi connectivity index (χ1v) is 10.5. The molecule has 1 aromatic carbocycles. The Hall–Kier alpha value is -3.48. The van der Waals surface area contributed by atoms with Crippen molar-refractivity contribution in [3.8, 4) is 5.88 Å². The number of carbonyl (C=O) groups excluding carboxylic acids is 1. The number of hydrogen-bond donors (Lipinski definition) is 1. The first kappa shape index (κ1) is 20.8. The highest BCUT2D eigenvalue weighted by Gasteiger charge is 2.23. The standard InChI is InChI=1S/C24H27N5O2/c1-16(15-30)18-4-6-20(7-5-18)27-12-19-8-10-29(14-21(19)25-3)22-13-28-24-23(17(22)2)26-9-11-31-24/h4-7,12-13,15-16,26H,3,8-11,14H2,1-2H3. The van der Waals surface area contributed by atoms with Gasteiger partial charge < -0.3 is 19.7 Å². The molecule has 31 heavy (non-hydrogen) atoms. The summed E-state index contributed by atoms with van der Waals surface area (Å²) in [7, 11) is 0. The number of hydrogen-bond acceptors (Lipinski definition) is 7. The lowest BCUT2D eigenvalue weighted by Crippen LogP contribution is -2.33. The molecule has 1 atom stereocenters. The quantitative estimate of drug-likeness (QED) is 0.566. The molecule has 0 fully saturated rings. The van der Waals surface area contributed by atoms with E-state index in [9.17, 15) is 4.79 Å². The maximum atomic E-state index is 10.9. The molecule has 4 rings (SSSR count). The molecule has 1 aromatic heterocycles. The average Bonchev–Trinajstić information content (AvgIpc) is 2.83. The fourth-order valence-electron chi connectivity index (χ4n) is 3.88. The van der Waals surface area contributed by atoms with Crippen LogP contribution in [-0.4, -0.2) is 50.4 Å². The first-order valence-electron chi connectivity index (χ1n) is 10.5. The molecular formula is C24H27N5O2. The summed E-state index contributed by atoms with van der Waals surface area (Å²) in [5, 5.41) is 3.39. The van der Waals surface area contributed by atoms with E-state index in [0.717, 1.165) is 65.3 Å². The minimum atomic E-state index is -0.107. The van der Waals surface area contributed by atoms with Gasteiger partial charge in [0.2, 0.25) is 5.88 Å². The zero-order valence-electron chi connectivity index (χ0n) is 18.0. The maximum absolute atomic E-state index is 10.9. The third-order valence-electron chi connectivity index (χ3n) is 5.81. The van der Waals surface area contributed by atoms with Crippen molar-refractivity contribution < 1.29 is 9.53 Å². The molecule has 7 nitrogen and oxygen atoms in total. The van der Waals surface area contributed by atoms with Crippen LogP contribution in [-0.2, 0) is 4.79 Å². The number of benzene rings is 1. The molecule has 2 aliphatic heterocycles. The van der Waals surface area contributed by atoms with E-state index >= 15 is 0 Å². The van der Waals surface area contributed by atoms with Gasteiger partial charge in [-0.25, -0.2) is 4.98 Å². The summed E-state index contributed by atoms with van der Waals surface area (Å²) in [5.74, 6) is 0.563. The van der Waals surface area contributed by atoms with Crippen molar-refractivity contribution in [1.82, 2.24) is 4.98 Å². The van der Waals surface area contributed by atoms with Crippen molar-refractivity contribution in [2.24, 2.45) is 9.98 Å². The van der Waals surface area contributed by atoms with Crippen molar-refractivity contribution in [1.29, 1.82) is 0 Å². The van der Waals surface area contributed by atoms with Crippen LogP contribution in [0.1, 0.15) is 30.4 Å². The number of aliphatic imine (C=N–C) groups is 2. The van der Waals surface area contributed by atoms with E-state index in [1.165, 1.54) is 0 Å². The minimum Gasteiger partial charge on any atom is -0.474 e. The summed E-state index contributed by atoms with van der Waals surface area (Å²) in [6.07, 6.45) is 5.52. The predicted molar refractivity (Wildman–Crippen MR) is 125 cm³/mol. The number of anilines is 2. The van der Waals surface area contributed by atoms with Gasteiger partial charge in [-0.2, -0.15) is 0 Å². The molecule has 2 aromatic rings. The van der Waals surface area contributed by atoms with Crippen LogP contribution in [0, 0.1) is 6.92 Å². The van der Waals surface area contributed by atoms with Crippen molar-refractivity contribution in [2.75, 3.05) is 36.5 Å². The zero-order valence-corrected chi connectivity index (χ0v) is 18.0. The summed E-state index contributed by atoms with van der Waals surface area (Å²) < 4.78 is 5.64. The maximum Gasteiger partial charge on any atom is 0.237 e. The molecule has 7 heteroatoms. The molecule has 0 bridgehead atoms. The number of pyridine rings is 1. The van der Waals surface area contributed by atoms with E-state index < -0.39 is 0 Å². The molecule has 160 valence electrons. The minimum absolute atomic E-state index is 0.107. The Balaban J connectivity index is 1.52. The number of aromatic nitrogens is 1. The average molecular weight is 418 g/mol. The second kappa shape index (κ2) is 9.12. The second-order valence-corrected chi connectivity index (χ2v) is 7.80. The van der Waals surface area contributed by atoms with E-state index in [2.05, 4.69) is 38.8 Å². The van der Waals surface area contributed by atoms with Crippen molar-refractivity contribution >= 4 is 36.3 Å². The Labute approximate surface area is 182 Å². The Morgan fingerprint density at radius 3 is 2.87 bits per heavy atom. The molecule has 0 aliphatic carbocycles. The molecule has 0 saturated heterocycles. The third kappa shape index (κ3) is 4.35. The summed E-state index contributed by atoms with van der Waals surface area (Å²) in [4.78, 5) is 26.6. The van der Waals surface area contributed by atoms with Crippen molar-refractivity contribution in [2.45, 2.75) is 26.2 Å². The van der Waals surface area contributed by atoms with Gasteiger partial charge in [0.05, 0.1) is 29.8 Å². The summed E-state index contributed by atoms with van der Waals surface area (Å²) in [5.41, 5.74) is 7.03. The SMILES string of the molecule is C=NC1=C(C=Nc2ccc(C(C)C=O)cc2)CCN(c2cnc3c(c2C)NCCO3)C1. The van der Waals surface area contributed by atoms with Gasteiger partial charge in [0.15, 0.2) is 0 Å². The lowest BCUT2D eigenvalue weighted by Gasteiger charge is -2.32. The molecule has 0 spiro atoms. The van der Waals surface area contributed by atoms with Gasteiger partial charge in [-0.05, 0) is 43.3 Å². The summed E-state index contributed by atoms with van der Waals surface area (Å²) >= 11 is 0. The van der Waals surface area contributed by atoms with E-state index in [-0.39, 0.29) is 5.92 Å². The van der Waals surface area contributed by atoms with Crippen LogP contribution in [0.3, 0.4) is 0 Å². The number of nitrogens with zero attached hydrogens (tertiary/aromatic N) is 4. The van der Waals surface area contributed by atoms with Gasteiger partial charge in [-0.3, -0.25) is 9.98 Å². The third-order valence-corrected chi connectivity index (χ3v) is 5.81. The largest absolute Gasteiger partial charge is 0.474 e. The van der Waals surface area contributed by atoms with Crippen LogP contribution in [0.15, 0.2) is 51.7 Å². The monoisotopic (exact) mass is 417 g/mol. The highest BCUT2D eigenvalue weighted by Crippen LogP contribution is 2.36. The predicted octanol–water partition coefficient (Wildman–Crippen LogP) is 4.06. The number of carbonyl (C=O) groups is 1. The number of nitrogens with one attached hydrogen (secondary N) is 1. The van der Waals surface area contributed by atoms with Crippen molar-refractivity contribution in [3.63, 3.8) is 0 Å². The number of fused-ring (bicyclic) bond motifs is 1. The number of ether oxygens (including phenoxy) is 1. The molecule has 0 saturated carbocycles. The molecular weight excluding hydrogens is 390 g/mol. The van der Waals surface area contributed by atoms with Crippen LogP contribution in [0.2, 0.25) is 0 Å². The highest BCUT2D eigenvalue weighted by atomic mass is 16.5. The Kier molecular flexibility index (Phi) is 6.11. The summed E-state index contributed by atoms with van der Waals surface area (Å²) in [6.45, 7) is 10.7. The Morgan fingerprint density at radius 1 is 1.32 bits per heavy atom. The molecule has 0 radical (unpaired) electrons. The van der Waals surface area contributed by atoms with Gasteiger partial charge in [0.25, 0.3) is 0 Å². The fourth-order valence-corrected chi connectivity index (χ4v) is 3.88. The van der Waals surface area contributed by atoms with Crippen LogP contribution in [0.25, 0.3) is 0 Å². The lowest BCUT2D eigenvalue weighted by atomic mass is 10.0. The number of aldehydes is 1. The van der Waals surface area contributed by atoms with Crippen LogP contribution < -0.4 is 15.0 Å². The van der Waals surface area contributed by atoms with Crippen LogP contribution >= 0.6 is 0 Å². The van der Waals surface area contributed by atoms with E-state index in [0.29, 0.717) is 19.0 Å². The number of rotatable bonds is 6. The fraction of sp³-hybridized carbons (Fsp3) is 0.333. The van der Waals surface area contributed by atoms with Gasteiger partial charge in [0.1, 0.15) is 18.6 Å². The van der Waals surface area contributed by atoms with E-state index in [4.69, 9.17) is 4.74 Å². The summed E-state index contributed by atoms with van der Waals surface area (Å²) in [6, 6.07) is 7.75. The van der Waals surface area contributed by atoms with Crippen LogP contribution in [0.4, 0.5) is 17.1 Å². The van der Waals surface area contributed by atoms with Crippen LogP contribution in [0.5, 0.6) is 5.88 Å². The highest BCUT2D eigenvalue weighted by molar-refractivity contribution is 5.83. The van der Waals surface area contributed by atoms with Gasteiger partial charge in [-0.1, -0.05) is 19.1 Å².